The molecule has 31 heavy (non-hydrogen) atoms. The van der Waals surface area contributed by atoms with Crippen LogP contribution in [0.25, 0.3) is 0 Å². The number of carbonyl (C=O) groups is 1. The minimum atomic E-state index is -6.11. The van der Waals surface area contributed by atoms with Crippen LogP contribution < -0.4 is 0 Å². The average molecular weight is 455 g/mol. The first-order chi connectivity index (χ1) is 14.4. The second kappa shape index (κ2) is 8.60. The first-order valence-corrected chi connectivity index (χ1v) is 10.3. The zero-order chi connectivity index (χ0) is 23.0. The van der Waals surface area contributed by atoms with Crippen molar-refractivity contribution < 1.29 is 40.6 Å². The van der Waals surface area contributed by atoms with Gasteiger partial charge in [-0.05, 0) is 56.3 Å². The van der Waals surface area contributed by atoms with Crippen molar-refractivity contribution in [1.82, 2.24) is 4.90 Å². The minimum absolute atomic E-state index is 0.0115. The van der Waals surface area contributed by atoms with Crippen LogP contribution in [-0.4, -0.2) is 47.5 Å². The van der Waals surface area contributed by atoms with E-state index in [9.17, 15) is 35.5 Å². The van der Waals surface area contributed by atoms with Crippen LogP contribution in [0.2, 0.25) is 0 Å². The normalized spacial score (nSPS) is 22.3. The largest absolute Gasteiger partial charge is 0.481 e. The van der Waals surface area contributed by atoms with Crippen LogP contribution in [0.3, 0.4) is 0 Å². The molecule has 0 radical (unpaired) electrons. The number of benzene rings is 1. The molecular weight excluding hydrogens is 431 g/mol. The number of aliphatic carboxylic acids is 1. The summed E-state index contributed by atoms with van der Waals surface area (Å²) in [5.41, 5.74) is -5.78. The predicted molar refractivity (Wildman–Crippen MR) is 98.5 cm³/mol. The van der Waals surface area contributed by atoms with E-state index in [0.29, 0.717) is 30.0 Å². The summed E-state index contributed by atoms with van der Waals surface area (Å²) in [5.74, 6) is -0.847. The SMILES string of the molecule is O=C(O)CCCCCN1CC[C@H]2c3ccc(C(F)(C(F)(F)F)C(F)(F)F)cc3CCC21. The number of rotatable bonds is 7. The summed E-state index contributed by atoms with van der Waals surface area (Å²) < 4.78 is 92.8. The molecule has 2 aliphatic rings. The predicted octanol–water partition coefficient (Wildman–Crippen LogP) is 5.73. The molecule has 0 bridgehead atoms. The summed E-state index contributed by atoms with van der Waals surface area (Å²) in [4.78, 5) is 12.8. The Balaban J connectivity index is 1.74. The standard InChI is InChI=1S/C21H24F7NO2/c22-19(20(23,24)25,21(26,27)28)14-6-7-15-13(12-14)5-8-17-16(15)9-11-29(17)10-3-1-2-4-18(30)31/h6-7,12,16-17H,1-5,8-11H2,(H,30,31)/t16-,17?/m0/s1. The van der Waals surface area contributed by atoms with E-state index in [1.54, 1.807) is 0 Å². The monoisotopic (exact) mass is 455 g/mol. The lowest BCUT2D eigenvalue weighted by molar-refractivity contribution is -0.348. The molecule has 1 N–H and O–H groups in total. The topological polar surface area (TPSA) is 40.5 Å². The maximum atomic E-state index is 14.4. The molecule has 0 aromatic heterocycles. The van der Waals surface area contributed by atoms with Crippen molar-refractivity contribution in [3.05, 3.63) is 34.9 Å². The van der Waals surface area contributed by atoms with Gasteiger partial charge in [0, 0.05) is 23.9 Å². The van der Waals surface area contributed by atoms with Gasteiger partial charge in [0.15, 0.2) is 0 Å². The highest BCUT2D eigenvalue weighted by Gasteiger charge is 2.73. The minimum Gasteiger partial charge on any atom is -0.481 e. The third-order valence-corrected chi connectivity index (χ3v) is 6.43. The molecule has 0 spiro atoms. The molecule has 0 saturated carbocycles. The molecule has 1 aliphatic carbocycles. The number of hydrogen-bond donors (Lipinski definition) is 1. The smallest absolute Gasteiger partial charge is 0.435 e. The van der Waals surface area contributed by atoms with E-state index in [1.807, 2.05) is 0 Å². The Morgan fingerprint density at radius 2 is 1.68 bits per heavy atom. The van der Waals surface area contributed by atoms with Crippen molar-refractivity contribution in [2.24, 2.45) is 0 Å². The molecule has 3 nitrogen and oxygen atoms in total. The number of aryl methyl sites for hydroxylation is 1. The fourth-order valence-electron chi connectivity index (χ4n) is 4.90. The summed E-state index contributed by atoms with van der Waals surface area (Å²) in [7, 11) is 0. The molecular formula is C21H24F7NO2. The lowest BCUT2D eigenvalue weighted by Gasteiger charge is -2.35. The Hall–Kier alpha value is -1.84. The van der Waals surface area contributed by atoms with Crippen molar-refractivity contribution in [2.75, 3.05) is 13.1 Å². The molecule has 174 valence electrons. The van der Waals surface area contributed by atoms with E-state index < -0.39 is 29.6 Å². The molecule has 3 rings (SSSR count). The highest BCUT2D eigenvalue weighted by molar-refractivity contribution is 5.66. The summed E-state index contributed by atoms with van der Waals surface area (Å²) >= 11 is 0. The van der Waals surface area contributed by atoms with Gasteiger partial charge in [0.25, 0.3) is 0 Å². The van der Waals surface area contributed by atoms with Gasteiger partial charge in [-0.25, -0.2) is 4.39 Å². The van der Waals surface area contributed by atoms with Crippen LogP contribution >= 0.6 is 0 Å². The molecule has 1 aromatic rings. The fourth-order valence-corrected chi connectivity index (χ4v) is 4.90. The van der Waals surface area contributed by atoms with Gasteiger partial charge in [-0.1, -0.05) is 24.6 Å². The lowest BCUT2D eigenvalue weighted by atomic mass is 9.77. The highest BCUT2D eigenvalue weighted by Crippen LogP contribution is 2.54. The molecule has 1 fully saturated rings. The van der Waals surface area contributed by atoms with Gasteiger partial charge in [-0.2, -0.15) is 26.3 Å². The molecule has 1 saturated heterocycles. The molecule has 1 aromatic carbocycles. The zero-order valence-electron chi connectivity index (χ0n) is 16.7. The van der Waals surface area contributed by atoms with Gasteiger partial charge in [0.2, 0.25) is 0 Å². The third kappa shape index (κ3) is 4.54. The van der Waals surface area contributed by atoms with Crippen molar-refractivity contribution >= 4 is 5.97 Å². The third-order valence-electron chi connectivity index (χ3n) is 6.43. The maximum Gasteiger partial charge on any atom is 0.435 e. The lowest BCUT2D eigenvalue weighted by Crippen LogP contribution is -2.50. The molecule has 10 heteroatoms. The number of halogens is 7. The van der Waals surface area contributed by atoms with Crippen LogP contribution in [0.15, 0.2) is 18.2 Å². The number of alkyl halides is 7. The van der Waals surface area contributed by atoms with Crippen LogP contribution in [0.4, 0.5) is 30.7 Å². The summed E-state index contributed by atoms with van der Waals surface area (Å²) in [5, 5.41) is 8.67. The zero-order valence-corrected chi connectivity index (χ0v) is 16.7. The summed E-state index contributed by atoms with van der Waals surface area (Å²) in [6.45, 7) is 1.53. The fraction of sp³-hybridized carbons (Fsp3) is 0.667. The van der Waals surface area contributed by atoms with Gasteiger partial charge in [-0.3, -0.25) is 9.69 Å². The molecule has 0 amide bonds. The molecule has 2 atom stereocenters. The highest BCUT2D eigenvalue weighted by atomic mass is 19.4. The first-order valence-electron chi connectivity index (χ1n) is 10.3. The van der Waals surface area contributed by atoms with E-state index in [1.165, 1.54) is 6.07 Å². The van der Waals surface area contributed by atoms with Crippen molar-refractivity contribution in [3.8, 4) is 0 Å². The van der Waals surface area contributed by atoms with E-state index in [-0.39, 0.29) is 24.8 Å². The van der Waals surface area contributed by atoms with Crippen LogP contribution in [0, 0.1) is 0 Å². The van der Waals surface area contributed by atoms with Crippen LogP contribution in [0.1, 0.15) is 61.1 Å². The first kappa shape index (κ1) is 23.8. The number of hydrogen-bond acceptors (Lipinski definition) is 2. The Kier molecular flexibility index (Phi) is 6.60. The summed E-state index contributed by atoms with van der Waals surface area (Å²) in [6.07, 6.45) is -8.33. The quantitative estimate of drug-likeness (QED) is 0.422. The van der Waals surface area contributed by atoms with Crippen molar-refractivity contribution in [3.63, 3.8) is 0 Å². The second-order valence-electron chi connectivity index (χ2n) is 8.31. The van der Waals surface area contributed by atoms with Gasteiger partial charge < -0.3 is 5.11 Å². The van der Waals surface area contributed by atoms with E-state index in [4.69, 9.17) is 5.11 Å². The average Bonchev–Trinajstić information content (AvgIpc) is 3.08. The van der Waals surface area contributed by atoms with Gasteiger partial charge in [0.05, 0.1) is 0 Å². The maximum absolute atomic E-state index is 14.4. The Labute approximate surface area is 175 Å². The Morgan fingerprint density at radius 3 is 2.29 bits per heavy atom. The second-order valence-corrected chi connectivity index (χ2v) is 8.31. The van der Waals surface area contributed by atoms with Crippen molar-refractivity contribution in [2.45, 2.75) is 74.9 Å². The van der Waals surface area contributed by atoms with Crippen molar-refractivity contribution in [1.29, 1.82) is 0 Å². The van der Waals surface area contributed by atoms with E-state index >= 15 is 0 Å². The van der Waals surface area contributed by atoms with Crippen LogP contribution in [0.5, 0.6) is 0 Å². The van der Waals surface area contributed by atoms with Gasteiger partial charge in [-0.15, -0.1) is 0 Å². The Bertz CT molecular complexity index is 792. The van der Waals surface area contributed by atoms with Gasteiger partial charge in [0.1, 0.15) is 0 Å². The number of nitrogens with zero attached hydrogens (tertiary/aromatic N) is 1. The van der Waals surface area contributed by atoms with Gasteiger partial charge >= 0.3 is 24.0 Å². The number of fused-ring (bicyclic) bond motifs is 3. The number of likely N-dealkylation sites (tertiary alicyclic amines) is 1. The summed E-state index contributed by atoms with van der Waals surface area (Å²) in [6, 6.07) is 2.72. The molecule has 1 aliphatic heterocycles. The number of carboxylic acids is 1. The number of carboxylic acid groups (broad SMARTS) is 1. The molecule has 1 unspecified atom stereocenters. The number of unbranched alkanes of at least 4 members (excludes halogenated alkanes) is 2. The van der Waals surface area contributed by atoms with E-state index in [0.717, 1.165) is 38.4 Å². The molecule has 1 heterocycles. The van der Waals surface area contributed by atoms with Crippen LogP contribution in [-0.2, 0) is 16.9 Å². The Morgan fingerprint density at radius 1 is 1.00 bits per heavy atom. The van der Waals surface area contributed by atoms with E-state index in [2.05, 4.69) is 4.90 Å².